The molecule has 1 aromatic carbocycles. The number of aryl methyl sites for hydroxylation is 1. The van der Waals surface area contributed by atoms with E-state index in [2.05, 4.69) is 5.32 Å². The number of nitrogens with zero attached hydrogens (tertiary/aromatic N) is 2. The number of nitro groups is 1. The van der Waals surface area contributed by atoms with Crippen molar-refractivity contribution in [2.45, 2.75) is 31.7 Å². The summed E-state index contributed by atoms with van der Waals surface area (Å²) in [6.45, 7) is 6.58. The highest BCUT2D eigenvalue weighted by atomic mass is 32.2. The number of piperazine rings is 1. The lowest BCUT2D eigenvalue weighted by atomic mass is 10.1. The van der Waals surface area contributed by atoms with Gasteiger partial charge in [0.25, 0.3) is 5.69 Å². The quantitative estimate of drug-likeness (QED) is 0.668. The summed E-state index contributed by atoms with van der Waals surface area (Å²) in [4.78, 5) is 10.4. The second kappa shape index (κ2) is 5.70. The standard InChI is InChI=1S/C13H19N3O4S/c1-9-6-12(16(17)18)7-13(11(9)3)21(19,20)15-5-4-14-10(2)8-15/h6-7,10,14H,4-5,8H2,1-3H3/t10-/m0/s1. The van der Waals surface area contributed by atoms with Crippen LogP contribution in [-0.4, -0.2) is 43.3 Å². The molecule has 0 bridgehead atoms. The molecule has 1 aromatic rings. The van der Waals surface area contributed by atoms with Crippen molar-refractivity contribution in [2.75, 3.05) is 19.6 Å². The highest BCUT2D eigenvalue weighted by molar-refractivity contribution is 7.89. The minimum Gasteiger partial charge on any atom is -0.312 e. The van der Waals surface area contributed by atoms with Crippen LogP contribution in [0, 0.1) is 24.0 Å². The van der Waals surface area contributed by atoms with Crippen molar-refractivity contribution >= 4 is 15.7 Å². The van der Waals surface area contributed by atoms with Gasteiger partial charge in [0.2, 0.25) is 10.0 Å². The number of non-ortho nitro benzene ring substituents is 1. The molecule has 0 spiro atoms. The first-order valence-corrected chi connectivity index (χ1v) is 8.16. The van der Waals surface area contributed by atoms with Crippen molar-refractivity contribution < 1.29 is 13.3 Å². The Balaban J connectivity index is 2.51. The van der Waals surface area contributed by atoms with Gasteiger partial charge in [0, 0.05) is 37.8 Å². The molecule has 2 rings (SSSR count). The first-order valence-electron chi connectivity index (χ1n) is 6.72. The van der Waals surface area contributed by atoms with Crippen LogP contribution in [0.15, 0.2) is 17.0 Å². The van der Waals surface area contributed by atoms with Gasteiger partial charge in [-0.15, -0.1) is 0 Å². The van der Waals surface area contributed by atoms with Gasteiger partial charge in [-0.1, -0.05) is 0 Å². The van der Waals surface area contributed by atoms with Crippen molar-refractivity contribution in [1.82, 2.24) is 9.62 Å². The Morgan fingerprint density at radius 2 is 2.05 bits per heavy atom. The smallest absolute Gasteiger partial charge is 0.271 e. The zero-order valence-electron chi connectivity index (χ0n) is 12.3. The zero-order chi connectivity index (χ0) is 15.8. The third-order valence-electron chi connectivity index (χ3n) is 3.76. The topological polar surface area (TPSA) is 92.5 Å². The molecule has 7 nitrogen and oxygen atoms in total. The predicted octanol–water partition coefficient (Wildman–Crippen LogP) is 1.19. The summed E-state index contributed by atoms with van der Waals surface area (Å²) in [6.07, 6.45) is 0. The Bertz CT molecular complexity index is 672. The van der Waals surface area contributed by atoms with E-state index in [1.165, 1.54) is 10.4 Å². The van der Waals surface area contributed by atoms with E-state index in [0.717, 1.165) is 6.07 Å². The first-order chi connectivity index (χ1) is 9.73. The Labute approximate surface area is 124 Å². The predicted molar refractivity (Wildman–Crippen MR) is 78.8 cm³/mol. The summed E-state index contributed by atoms with van der Waals surface area (Å²) in [5.41, 5.74) is 0.970. The summed E-state index contributed by atoms with van der Waals surface area (Å²) >= 11 is 0. The molecule has 0 radical (unpaired) electrons. The fourth-order valence-electron chi connectivity index (χ4n) is 2.44. The Kier molecular flexibility index (Phi) is 4.31. The number of nitro benzene ring substituents is 1. The molecule has 1 aliphatic heterocycles. The Morgan fingerprint density at radius 1 is 1.38 bits per heavy atom. The van der Waals surface area contributed by atoms with Crippen molar-refractivity contribution in [3.05, 3.63) is 33.4 Å². The first kappa shape index (κ1) is 15.9. The molecule has 0 aliphatic carbocycles. The molecule has 1 N–H and O–H groups in total. The number of hydrogen-bond acceptors (Lipinski definition) is 5. The van der Waals surface area contributed by atoms with Gasteiger partial charge in [-0.3, -0.25) is 10.1 Å². The maximum Gasteiger partial charge on any atom is 0.271 e. The van der Waals surface area contributed by atoms with E-state index in [-0.39, 0.29) is 16.6 Å². The third-order valence-corrected chi connectivity index (χ3v) is 5.76. The maximum atomic E-state index is 12.8. The lowest BCUT2D eigenvalue weighted by Crippen LogP contribution is -2.51. The molecule has 0 amide bonds. The molecule has 0 unspecified atom stereocenters. The molecule has 1 atom stereocenters. The van der Waals surface area contributed by atoms with Gasteiger partial charge in [-0.2, -0.15) is 4.31 Å². The highest BCUT2D eigenvalue weighted by Gasteiger charge is 2.31. The molecule has 1 saturated heterocycles. The van der Waals surface area contributed by atoms with Crippen LogP contribution in [0.3, 0.4) is 0 Å². The second-order valence-electron chi connectivity index (χ2n) is 5.36. The van der Waals surface area contributed by atoms with E-state index in [1.54, 1.807) is 13.8 Å². The van der Waals surface area contributed by atoms with Gasteiger partial charge < -0.3 is 5.32 Å². The average Bonchev–Trinajstić information content (AvgIpc) is 2.41. The van der Waals surface area contributed by atoms with E-state index >= 15 is 0 Å². The minimum absolute atomic E-state index is 0.0308. The van der Waals surface area contributed by atoms with Crippen molar-refractivity contribution in [1.29, 1.82) is 0 Å². The van der Waals surface area contributed by atoms with Gasteiger partial charge in [-0.05, 0) is 31.9 Å². The lowest BCUT2D eigenvalue weighted by Gasteiger charge is -2.31. The molecule has 1 aliphatic rings. The molecule has 1 fully saturated rings. The molecule has 0 saturated carbocycles. The molecular formula is C13H19N3O4S. The van der Waals surface area contributed by atoms with Gasteiger partial charge in [-0.25, -0.2) is 8.42 Å². The normalized spacial score (nSPS) is 20.4. The molecule has 0 aromatic heterocycles. The monoisotopic (exact) mass is 313 g/mol. The summed E-state index contributed by atoms with van der Waals surface area (Å²) in [6, 6.07) is 2.62. The van der Waals surface area contributed by atoms with Crippen LogP contribution in [0.4, 0.5) is 5.69 Å². The molecule has 116 valence electrons. The summed E-state index contributed by atoms with van der Waals surface area (Å²) in [5, 5.41) is 14.1. The van der Waals surface area contributed by atoms with Crippen LogP contribution in [0.5, 0.6) is 0 Å². The van der Waals surface area contributed by atoms with Crippen LogP contribution >= 0.6 is 0 Å². The second-order valence-corrected chi connectivity index (χ2v) is 7.27. The SMILES string of the molecule is Cc1cc([N+](=O)[O-])cc(S(=O)(=O)N2CCN[C@@H](C)C2)c1C. The fourth-order valence-corrected chi connectivity index (χ4v) is 4.28. The van der Waals surface area contributed by atoms with E-state index in [1.807, 2.05) is 6.92 Å². The van der Waals surface area contributed by atoms with Crippen LogP contribution in [0.1, 0.15) is 18.1 Å². The zero-order valence-corrected chi connectivity index (χ0v) is 13.1. The molecule has 8 heteroatoms. The van der Waals surface area contributed by atoms with Crippen molar-refractivity contribution in [2.24, 2.45) is 0 Å². The van der Waals surface area contributed by atoms with Crippen LogP contribution < -0.4 is 5.32 Å². The van der Waals surface area contributed by atoms with E-state index < -0.39 is 14.9 Å². The van der Waals surface area contributed by atoms with Crippen molar-refractivity contribution in [3.8, 4) is 0 Å². The molecular weight excluding hydrogens is 294 g/mol. The van der Waals surface area contributed by atoms with E-state index in [4.69, 9.17) is 0 Å². The Morgan fingerprint density at radius 3 is 2.62 bits per heavy atom. The lowest BCUT2D eigenvalue weighted by molar-refractivity contribution is -0.385. The van der Waals surface area contributed by atoms with Crippen LogP contribution in [0.25, 0.3) is 0 Å². The van der Waals surface area contributed by atoms with Gasteiger partial charge >= 0.3 is 0 Å². The third kappa shape index (κ3) is 3.07. The fraction of sp³-hybridized carbons (Fsp3) is 0.538. The summed E-state index contributed by atoms with van der Waals surface area (Å²) in [7, 11) is -3.72. The van der Waals surface area contributed by atoms with Crippen molar-refractivity contribution in [3.63, 3.8) is 0 Å². The highest BCUT2D eigenvalue weighted by Crippen LogP contribution is 2.28. The average molecular weight is 313 g/mol. The summed E-state index contributed by atoms with van der Waals surface area (Å²) in [5.74, 6) is 0. The number of sulfonamides is 1. The number of hydrogen-bond donors (Lipinski definition) is 1. The van der Waals surface area contributed by atoms with Crippen LogP contribution in [0.2, 0.25) is 0 Å². The maximum absolute atomic E-state index is 12.8. The molecule has 1 heterocycles. The largest absolute Gasteiger partial charge is 0.312 e. The number of rotatable bonds is 3. The molecule has 21 heavy (non-hydrogen) atoms. The van der Waals surface area contributed by atoms with Gasteiger partial charge in [0.15, 0.2) is 0 Å². The van der Waals surface area contributed by atoms with E-state index in [0.29, 0.717) is 30.8 Å². The van der Waals surface area contributed by atoms with Gasteiger partial charge in [0.1, 0.15) is 0 Å². The minimum atomic E-state index is -3.72. The van der Waals surface area contributed by atoms with E-state index in [9.17, 15) is 18.5 Å². The number of nitrogens with one attached hydrogen (secondary N) is 1. The number of benzene rings is 1. The Hall–Kier alpha value is -1.51. The van der Waals surface area contributed by atoms with Crippen LogP contribution in [-0.2, 0) is 10.0 Å². The summed E-state index contributed by atoms with van der Waals surface area (Å²) < 4.78 is 26.9. The van der Waals surface area contributed by atoms with Gasteiger partial charge in [0.05, 0.1) is 9.82 Å².